The first-order valence-electron chi connectivity index (χ1n) is 20.5. The quantitative estimate of drug-likeness (QED) is 0.0376. The van der Waals surface area contributed by atoms with Crippen molar-refractivity contribution in [3.05, 3.63) is 180 Å². The third kappa shape index (κ3) is 10.6. The monoisotopic (exact) mass is 839 g/mol. The molecule has 10 nitrogen and oxygen atoms in total. The van der Waals surface area contributed by atoms with Crippen LogP contribution in [0.15, 0.2) is 152 Å². The molecule has 0 bridgehead atoms. The second-order valence-electron chi connectivity index (χ2n) is 15.4. The fourth-order valence-corrected chi connectivity index (χ4v) is 9.38. The summed E-state index contributed by atoms with van der Waals surface area (Å²) in [6.45, 7) is 8.77. The Kier molecular flexibility index (Phi) is 15.2. The van der Waals surface area contributed by atoms with E-state index in [1.807, 2.05) is 141 Å². The minimum atomic E-state index is -1.28. The Morgan fingerprint density at radius 3 is 1.67 bits per heavy atom. The van der Waals surface area contributed by atoms with E-state index in [4.69, 9.17) is 9.47 Å². The molecule has 0 radical (unpaired) electrons. The Morgan fingerprint density at radius 2 is 1.18 bits per heavy atom. The smallest absolute Gasteiger partial charge is 0.407 e. The van der Waals surface area contributed by atoms with Crippen molar-refractivity contribution in [2.24, 2.45) is 5.92 Å². The Bertz CT molecular complexity index is 2130. The average molecular weight is 840 g/mol. The maximum atomic E-state index is 14.5. The van der Waals surface area contributed by atoms with E-state index in [-0.39, 0.29) is 37.2 Å². The van der Waals surface area contributed by atoms with E-state index < -0.39 is 52.9 Å². The van der Waals surface area contributed by atoms with Gasteiger partial charge in [0, 0.05) is 11.7 Å². The largest absolute Gasteiger partial charge is 0.461 e. The lowest BCUT2D eigenvalue weighted by Gasteiger charge is -2.37. The van der Waals surface area contributed by atoms with Crippen LogP contribution >= 0.6 is 11.8 Å². The molecule has 0 heterocycles. The molecule has 5 aromatic carbocycles. The molecular formula is C50H53N3O7S. The summed E-state index contributed by atoms with van der Waals surface area (Å²) in [7, 11) is 0. The number of benzene rings is 5. The van der Waals surface area contributed by atoms with Gasteiger partial charge in [0.25, 0.3) is 0 Å². The van der Waals surface area contributed by atoms with Gasteiger partial charge in [0.1, 0.15) is 25.3 Å². The normalized spacial score (nSPS) is 14.0. The number of alkyl carbamates (subject to hydrolysis) is 1. The highest BCUT2D eigenvalue weighted by Gasteiger charge is 2.40. The zero-order valence-electron chi connectivity index (χ0n) is 34.7. The number of ether oxygens (including phenoxy) is 2. The Labute approximate surface area is 362 Å². The number of aliphatic hydroxyl groups excluding tert-OH is 1. The van der Waals surface area contributed by atoms with Crippen LogP contribution in [0.5, 0.6) is 0 Å². The standard InChI is InChI=1S/C50H53N3O7S/c1-5-29-59-45(55)30-44(54)46(33(2)3)53-48(57)43(32-61-50(35-19-9-6-10-20-35,36-21-11-7-12-22-36)37-23-13-8-14-24-37)52-47(56)34(4)51-49(58)60-31-42-40-27-17-15-25-38(40)39-26-16-18-28-41(39)42/h5-28,33-34,42-44,46,54H,1,29-32H2,2-4H3,(H,51,58)(H,52,56)(H,53,57)/t34-,43-,44+,46-/m1/s1. The van der Waals surface area contributed by atoms with E-state index in [0.29, 0.717) is 0 Å². The van der Waals surface area contributed by atoms with Crippen molar-refractivity contribution in [3.8, 4) is 11.1 Å². The SMILES string of the molecule is C=CCOC(=O)C[C@H](O)[C@H](NC(=O)[C@@H](CSC(c1ccccc1)(c1ccccc1)c1ccccc1)NC(=O)[C@@H](C)NC(=O)OCC1c2ccccc2-c2ccccc21)C(C)C. The molecule has 5 aromatic rings. The van der Waals surface area contributed by atoms with Crippen LogP contribution in [0.1, 0.15) is 60.9 Å². The molecule has 0 fully saturated rings. The third-order valence-corrected chi connectivity index (χ3v) is 12.5. The van der Waals surface area contributed by atoms with E-state index in [9.17, 15) is 24.3 Å². The molecule has 6 rings (SSSR count). The van der Waals surface area contributed by atoms with Crippen LogP contribution in [-0.2, 0) is 28.6 Å². The number of hydrogen-bond donors (Lipinski definition) is 4. The molecule has 316 valence electrons. The number of fused-ring (bicyclic) bond motifs is 3. The minimum Gasteiger partial charge on any atom is -0.461 e. The van der Waals surface area contributed by atoms with Crippen molar-refractivity contribution in [2.75, 3.05) is 19.0 Å². The molecule has 4 N–H and O–H groups in total. The van der Waals surface area contributed by atoms with Crippen LogP contribution < -0.4 is 16.0 Å². The predicted octanol–water partition coefficient (Wildman–Crippen LogP) is 7.74. The van der Waals surface area contributed by atoms with Crippen molar-refractivity contribution in [1.29, 1.82) is 0 Å². The van der Waals surface area contributed by atoms with Crippen LogP contribution in [-0.4, -0.2) is 72.2 Å². The molecule has 1 aliphatic carbocycles. The fourth-order valence-electron chi connectivity index (χ4n) is 7.82. The average Bonchev–Trinajstić information content (AvgIpc) is 3.60. The van der Waals surface area contributed by atoms with Gasteiger partial charge in [-0.3, -0.25) is 14.4 Å². The van der Waals surface area contributed by atoms with Gasteiger partial charge in [-0.05, 0) is 51.8 Å². The number of esters is 1. The number of rotatable bonds is 19. The Hall–Kier alpha value is -6.17. The van der Waals surface area contributed by atoms with Crippen LogP contribution in [0.4, 0.5) is 4.79 Å². The number of carbonyl (C=O) groups excluding carboxylic acids is 4. The van der Waals surface area contributed by atoms with Crippen LogP contribution in [0.2, 0.25) is 0 Å². The second-order valence-corrected chi connectivity index (χ2v) is 16.6. The molecule has 11 heteroatoms. The highest BCUT2D eigenvalue weighted by atomic mass is 32.2. The lowest BCUT2D eigenvalue weighted by Crippen LogP contribution is -2.57. The lowest BCUT2D eigenvalue weighted by molar-refractivity contribution is -0.145. The number of amides is 3. The number of nitrogens with one attached hydrogen (secondary N) is 3. The van der Waals surface area contributed by atoms with Crippen LogP contribution in [0.3, 0.4) is 0 Å². The summed E-state index contributed by atoms with van der Waals surface area (Å²) in [6, 6.07) is 42.8. The van der Waals surface area contributed by atoms with Gasteiger partial charge in [-0.1, -0.05) is 166 Å². The molecular weight excluding hydrogens is 787 g/mol. The first-order valence-corrected chi connectivity index (χ1v) is 21.5. The topological polar surface area (TPSA) is 143 Å². The molecule has 0 aliphatic heterocycles. The number of thioether (sulfide) groups is 1. The predicted molar refractivity (Wildman–Crippen MR) is 240 cm³/mol. The van der Waals surface area contributed by atoms with E-state index in [2.05, 4.69) is 34.7 Å². The number of aliphatic hydroxyl groups is 1. The van der Waals surface area contributed by atoms with E-state index in [0.717, 1.165) is 38.9 Å². The summed E-state index contributed by atoms with van der Waals surface area (Å²) in [5.74, 6) is -2.24. The van der Waals surface area contributed by atoms with Crippen molar-refractivity contribution in [1.82, 2.24) is 16.0 Å². The molecule has 0 aromatic heterocycles. The third-order valence-electron chi connectivity index (χ3n) is 10.9. The van der Waals surface area contributed by atoms with Crippen molar-refractivity contribution < 1.29 is 33.8 Å². The number of hydrogen-bond acceptors (Lipinski definition) is 8. The minimum absolute atomic E-state index is 0.0101. The fraction of sp³-hybridized carbons (Fsp3) is 0.280. The molecule has 0 spiro atoms. The molecule has 4 atom stereocenters. The molecule has 1 aliphatic rings. The van der Waals surface area contributed by atoms with Crippen molar-refractivity contribution in [2.45, 2.75) is 62.1 Å². The van der Waals surface area contributed by atoms with Crippen LogP contribution in [0, 0.1) is 5.92 Å². The second kappa shape index (κ2) is 20.9. The summed E-state index contributed by atoms with van der Waals surface area (Å²) in [4.78, 5) is 54.2. The van der Waals surface area contributed by atoms with Gasteiger partial charge >= 0.3 is 12.1 Å². The van der Waals surface area contributed by atoms with E-state index in [1.54, 1.807) is 0 Å². The van der Waals surface area contributed by atoms with E-state index in [1.165, 1.54) is 24.8 Å². The van der Waals surface area contributed by atoms with E-state index >= 15 is 0 Å². The molecule has 0 saturated heterocycles. The summed E-state index contributed by atoms with van der Waals surface area (Å²) in [6.07, 6.45) is -0.983. The summed E-state index contributed by atoms with van der Waals surface area (Å²) >= 11 is 1.47. The molecule has 0 unspecified atom stereocenters. The van der Waals surface area contributed by atoms with Gasteiger partial charge in [0.15, 0.2) is 0 Å². The molecule has 61 heavy (non-hydrogen) atoms. The van der Waals surface area contributed by atoms with Crippen LogP contribution in [0.25, 0.3) is 11.1 Å². The van der Waals surface area contributed by atoms with Gasteiger partial charge in [-0.25, -0.2) is 4.79 Å². The highest BCUT2D eigenvalue weighted by Crippen LogP contribution is 2.49. The first kappa shape index (κ1) is 44.4. The van der Waals surface area contributed by atoms with Gasteiger partial charge in [0.2, 0.25) is 11.8 Å². The molecule has 3 amide bonds. The van der Waals surface area contributed by atoms with Gasteiger partial charge in [-0.2, -0.15) is 0 Å². The first-order chi connectivity index (χ1) is 29.5. The zero-order valence-corrected chi connectivity index (χ0v) is 35.5. The van der Waals surface area contributed by atoms with Gasteiger partial charge in [0.05, 0.1) is 23.3 Å². The van der Waals surface area contributed by atoms with Crippen molar-refractivity contribution >= 4 is 35.6 Å². The zero-order chi connectivity index (χ0) is 43.4. The number of carbonyl (C=O) groups is 4. The summed E-state index contributed by atoms with van der Waals surface area (Å²) in [5, 5.41) is 19.7. The van der Waals surface area contributed by atoms with Gasteiger partial charge in [-0.15, -0.1) is 11.8 Å². The molecule has 0 saturated carbocycles. The summed E-state index contributed by atoms with van der Waals surface area (Å²) in [5.41, 5.74) is 7.19. The highest BCUT2D eigenvalue weighted by molar-refractivity contribution is 8.00. The summed E-state index contributed by atoms with van der Waals surface area (Å²) < 4.78 is 10.00. The van der Waals surface area contributed by atoms with Crippen molar-refractivity contribution in [3.63, 3.8) is 0 Å². The lowest BCUT2D eigenvalue weighted by atomic mass is 9.84. The van der Waals surface area contributed by atoms with Gasteiger partial charge < -0.3 is 30.5 Å². The maximum absolute atomic E-state index is 14.5. The Balaban J connectivity index is 1.24. The Morgan fingerprint density at radius 1 is 0.689 bits per heavy atom. The maximum Gasteiger partial charge on any atom is 0.407 e.